The number of hydrogen-bond donors (Lipinski definition) is 1. The van der Waals surface area contributed by atoms with Gasteiger partial charge in [-0.25, -0.2) is 4.98 Å². The largest absolute Gasteiger partial charge is 0.392 e. The van der Waals surface area contributed by atoms with Crippen molar-refractivity contribution < 1.29 is 5.11 Å². The van der Waals surface area contributed by atoms with Crippen LogP contribution in [0, 0.1) is 0 Å². The molecule has 0 aliphatic rings. The van der Waals surface area contributed by atoms with E-state index in [1.807, 2.05) is 5.38 Å². The van der Waals surface area contributed by atoms with Crippen LogP contribution in [0.2, 0.25) is 0 Å². The molecule has 0 spiro atoms. The van der Waals surface area contributed by atoms with E-state index in [-0.39, 0.29) is 6.61 Å². The maximum absolute atomic E-state index is 8.41. The molecule has 4 heteroatoms. The fourth-order valence-electron chi connectivity index (χ4n) is 0.497. The van der Waals surface area contributed by atoms with Crippen molar-refractivity contribution in [1.29, 1.82) is 0 Å². The van der Waals surface area contributed by atoms with Gasteiger partial charge in [-0.05, 0) is 22.0 Å². The van der Waals surface area contributed by atoms with Crippen LogP contribution in [0.25, 0.3) is 6.08 Å². The van der Waals surface area contributed by atoms with Gasteiger partial charge in [0, 0.05) is 5.38 Å². The fraction of sp³-hybridized carbons (Fsp3) is 0.167. The second kappa shape index (κ2) is 3.85. The summed E-state index contributed by atoms with van der Waals surface area (Å²) in [5.41, 5.74) is 0. The SMILES string of the molecule is OCC=Cc1nc(Br)cs1. The highest BCUT2D eigenvalue weighted by Gasteiger charge is 1.92. The standard InChI is InChI=1S/C6H6BrNOS/c7-5-4-10-6(8-5)2-1-3-9/h1-2,4,9H,3H2. The lowest BCUT2D eigenvalue weighted by Gasteiger charge is -1.78. The zero-order chi connectivity index (χ0) is 7.40. The number of halogens is 1. The van der Waals surface area contributed by atoms with Crippen molar-refractivity contribution in [3.8, 4) is 0 Å². The number of aromatic nitrogens is 1. The molecule has 1 aromatic heterocycles. The van der Waals surface area contributed by atoms with Gasteiger partial charge in [-0.1, -0.05) is 6.08 Å². The Morgan fingerprint density at radius 1 is 1.80 bits per heavy atom. The minimum atomic E-state index is 0.0667. The number of thiazole rings is 1. The second-order valence-electron chi connectivity index (χ2n) is 1.59. The first-order chi connectivity index (χ1) is 4.83. The van der Waals surface area contributed by atoms with Gasteiger partial charge in [0.05, 0.1) is 6.61 Å². The first-order valence-corrected chi connectivity index (χ1v) is 4.38. The Hall–Kier alpha value is -0.190. The van der Waals surface area contributed by atoms with Gasteiger partial charge in [0.25, 0.3) is 0 Å². The molecule has 0 fully saturated rings. The third kappa shape index (κ3) is 2.21. The number of rotatable bonds is 2. The summed E-state index contributed by atoms with van der Waals surface area (Å²) in [6.45, 7) is 0.0667. The van der Waals surface area contributed by atoms with Crippen LogP contribution in [0.1, 0.15) is 5.01 Å². The molecular weight excluding hydrogens is 214 g/mol. The molecular formula is C6H6BrNOS. The summed E-state index contributed by atoms with van der Waals surface area (Å²) < 4.78 is 0.843. The lowest BCUT2D eigenvalue weighted by molar-refractivity contribution is 0.343. The molecule has 1 aromatic rings. The number of hydrogen-bond acceptors (Lipinski definition) is 3. The van der Waals surface area contributed by atoms with Gasteiger partial charge in [0.15, 0.2) is 0 Å². The number of aliphatic hydroxyl groups is 1. The van der Waals surface area contributed by atoms with Crippen molar-refractivity contribution in [1.82, 2.24) is 4.98 Å². The zero-order valence-corrected chi connectivity index (χ0v) is 7.52. The molecule has 0 bridgehead atoms. The minimum Gasteiger partial charge on any atom is -0.392 e. The van der Waals surface area contributed by atoms with Crippen molar-refractivity contribution in [3.63, 3.8) is 0 Å². The molecule has 0 atom stereocenters. The Bertz CT molecular complexity index is 233. The molecule has 0 unspecified atom stereocenters. The van der Waals surface area contributed by atoms with Gasteiger partial charge in [-0.3, -0.25) is 0 Å². The molecule has 1 N–H and O–H groups in total. The Kier molecular flexibility index (Phi) is 3.05. The van der Waals surface area contributed by atoms with Crippen LogP contribution in [-0.4, -0.2) is 16.7 Å². The van der Waals surface area contributed by atoms with Crippen molar-refractivity contribution in [2.24, 2.45) is 0 Å². The van der Waals surface area contributed by atoms with Crippen molar-refractivity contribution >= 4 is 33.3 Å². The van der Waals surface area contributed by atoms with Gasteiger partial charge in [-0.2, -0.15) is 0 Å². The van der Waals surface area contributed by atoms with E-state index in [2.05, 4.69) is 20.9 Å². The summed E-state index contributed by atoms with van der Waals surface area (Å²) >= 11 is 4.76. The summed E-state index contributed by atoms with van der Waals surface area (Å²) in [7, 11) is 0. The molecule has 1 heterocycles. The highest BCUT2D eigenvalue weighted by molar-refractivity contribution is 9.10. The van der Waals surface area contributed by atoms with Crippen molar-refractivity contribution in [2.45, 2.75) is 0 Å². The minimum absolute atomic E-state index is 0.0667. The lowest BCUT2D eigenvalue weighted by Crippen LogP contribution is -1.71. The molecule has 0 aliphatic heterocycles. The van der Waals surface area contributed by atoms with E-state index < -0.39 is 0 Å². The third-order valence-electron chi connectivity index (χ3n) is 0.860. The summed E-state index contributed by atoms with van der Waals surface area (Å²) in [5.74, 6) is 0. The van der Waals surface area contributed by atoms with Crippen LogP contribution in [0.5, 0.6) is 0 Å². The summed E-state index contributed by atoms with van der Waals surface area (Å²) in [6.07, 6.45) is 3.45. The van der Waals surface area contributed by atoms with E-state index in [0.29, 0.717) is 0 Å². The van der Waals surface area contributed by atoms with Crippen molar-refractivity contribution in [2.75, 3.05) is 6.61 Å². The van der Waals surface area contributed by atoms with Gasteiger partial charge in [0.2, 0.25) is 0 Å². The molecule has 0 saturated heterocycles. The molecule has 10 heavy (non-hydrogen) atoms. The van der Waals surface area contributed by atoms with Crippen LogP contribution in [0.4, 0.5) is 0 Å². The Morgan fingerprint density at radius 3 is 3.10 bits per heavy atom. The van der Waals surface area contributed by atoms with Crippen LogP contribution >= 0.6 is 27.3 Å². The Labute approximate surface area is 71.4 Å². The topological polar surface area (TPSA) is 33.1 Å². The fourth-order valence-corrected chi connectivity index (χ4v) is 1.68. The van der Waals surface area contributed by atoms with E-state index in [0.717, 1.165) is 9.61 Å². The van der Waals surface area contributed by atoms with Gasteiger partial charge in [0.1, 0.15) is 9.61 Å². The van der Waals surface area contributed by atoms with Crippen LogP contribution < -0.4 is 0 Å². The quantitative estimate of drug-likeness (QED) is 0.825. The average Bonchev–Trinajstić information content (AvgIpc) is 2.31. The van der Waals surface area contributed by atoms with Gasteiger partial charge < -0.3 is 5.11 Å². The van der Waals surface area contributed by atoms with E-state index >= 15 is 0 Å². The maximum atomic E-state index is 8.41. The molecule has 0 aromatic carbocycles. The first kappa shape index (κ1) is 7.91. The van der Waals surface area contributed by atoms with E-state index in [1.165, 1.54) is 11.3 Å². The predicted molar refractivity (Wildman–Crippen MR) is 45.9 cm³/mol. The van der Waals surface area contributed by atoms with Gasteiger partial charge >= 0.3 is 0 Å². The van der Waals surface area contributed by atoms with E-state index in [4.69, 9.17) is 5.11 Å². The van der Waals surface area contributed by atoms with E-state index in [9.17, 15) is 0 Å². The normalized spacial score (nSPS) is 11.0. The Morgan fingerprint density at radius 2 is 2.60 bits per heavy atom. The zero-order valence-electron chi connectivity index (χ0n) is 5.12. The molecule has 54 valence electrons. The molecule has 0 radical (unpaired) electrons. The molecule has 0 aliphatic carbocycles. The predicted octanol–water partition coefficient (Wildman–Crippen LogP) is 1.91. The number of nitrogens with zero attached hydrogens (tertiary/aromatic N) is 1. The van der Waals surface area contributed by atoms with Crippen LogP contribution in [-0.2, 0) is 0 Å². The first-order valence-electron chi connectivity index (χ1n) is 2.71. The maximum Gasteiger partial charge on any atom is 0.117 e. The second-order valence-corrected chi connectivity index (χ2v) is 3.30. The molecule has 2 nitrogen and oxygen atoms in total. The third-order valence-corrected chi connectivity index (χ3v) is 2.38. The molecule has 0 saturated carbocycles. The summed E-state index contributed by atoms with van der Waals surface area (Å²) in [6, 6.07) is 0. The highest BCUT2D eigenvalue weighted by Crippen LogP contribution is 2.15. The molecule has 1 rings (SSSR count). The lowest BCUT2D eigenvalue weighted by atomic mass is 10.5. The Balaban J connectivity index is 2.67. The van der Waals surface area contributed by atoms with Crippen LogP contribution in [0.15, 0.2) is 16.1 Å². The molecule has 0 amide bonds. The highest BCUT2D eigenvalue weighted by atomic mass is 79.9. The monoisotopic (exact) mass is 219 g/mol. The summed E-state index contributed by atoms with van der Waals surface area (Å²) in [5, 5.41) is 11.2. The van der Waals surface area contributed by atoms with Crippen LogP contribution in [0.3, 0.4) is 0 Å². The smallest absolute Gasteiger partial charge is 0.117 e. The van der Waals surface area contributed by atoms with Gasteiger partial charge in [-0.15, -0.1) is 11.3 Å². The average molecular weight is 220 g/mol. The van der Waals surface area contributed by atoms with Crippen molar-refractivity contribution in [3.05, 3.63) is 21.1 Å². The van der Waals surface area contributed by atoms with E-state index in [1.54, 1.807) is 12.2 Å². The number of aliphatic hydroxyl groups excluding tert-OH is 1. The summed E-state index contributed by atoms with van der Waals surface area (Å²) in [4.78, 5) is 4.09.